The Bertz CT molecular complexity index is 1430. The van der Waals surface area contributed by atoms with Crippen LogP contribution in [-0.4, -0.2) is 70.8 Å². The van der Waals surface area contributed by atoms with E-state index in [0.717, 1.165) is 11.9 Å². The van der Waals surface area contributed by atoms with E-state index in [1.165, 1.54) is 17.2 Å². The molecule has 5 rings (SSSR count). The largest absolute Gasteiger partial charge is 0.433 e. The Kier molecular flexibility index (Phi) is 7.68. The number of nitrogens with one attached hydrogen (secondary N) is 1. The molecule has 40 heavy (non-hydrogen) atoms. The van der Waals surface area contributed by atoms with Crippen LogP contribution in [0.4, 0.5) is 30.4 Å². The van der Waals surface area contributed by atoms with Crippen molar-refractivity contribution < 1.29 is 32.6 Å². The average Bonchev–Trinajstić information content (AvgIpc) is 3.22. The van der Waals surface area contributed by atoms with Crippen molar-refractivity contribution in [3.63, 3.8) is 0 Å². The second kappa shape index (κ2) is 11.2. The van der Waals surface area contributed by atoms with Gasteiger partial charge in [0, 0.05) is 60.4 Å². The summed E-state index contributed by atoms with van der Waals surface area (Å²) in [7, 11) is 0. The van der Waals surface area contributed by atoms with Crippen LogP contribution in [0.15, 0.2) is 42.9 Å². The lowest BCUT2D eigenvalue weighted by Gasteiger charge is -2.30. The Balaban J connectivity index is 1.50. The molecule has 2 aliphatic rings. The van der Waals surface area contributed by atoms with Crippen molar-refractivity contribution in [3.05, 3.63) is 59.8 Å². The first kappa shape index (κ1) is 27.5. The number of pyridine rings is 3. The lowest BCUT2D eigenvalue weighted by atomic mass is 10.0. The van der Waals surface area contributed by atoms with Gasteiger partial charge in [-0.3, -0.25) is 24.5 Å². The van der Waals surface area contributed by atoms with Crippen molar-refractivity contribution in [2.75, 3.05) is 48.0 Å². The average molecular weight is 557 g/mol. The van der Waals surface area contributed by atoms with Crippen LogP contribution >= 0.6 is 0 Å². The van der Waals surface area contributed by atoms with Crippen molar-refractivity contribution in [1.29, 1.82) is 0 Å². The Hall–Kier alpha value is -4.10. The van der Waals surface area contributed by atoms with Gasteiger partial charge in [0.05, 0.1) is 37.3 Å². The number of alkyl halides is 3. The summed E-state index contributed by atoms with van der Waals surface area (Å²) in [5, 5.41) is 12.2. The third-order valence-corrected chi connectivity index (χ3v) is 6.93. The molecule has 1 unspecified atom stereocenters. The molecule has 3 aromatic heterocycles. The van der Waals surface area contributed by atoms with Crippen molar-refractivity contribution in [1.82, 2.24) is 15.0 Å². The van der Waals surface area contributed by atoms with Gasteiger partial charge in [-0.05, 0) is 37.6 Å². The summed E-state index contributed by atoms with van der Waals surface area (Å²) in [6.45, 7) is 3.26. The minimum atomic E-state index is -4.68. The van der Waals surface area contributed by atoms with Crippen LogP contribution in [0.25, 0.3) is 11.1 Å². The standard InChI is InChI=1S/C27H27F3N6O4/c1-16-21(12-19(15-32-16)34-26(39)17-2-4-31-23(11-17)27(28,29)30)18-10-22-25(33-14-18)36(5-7-37)24(38)13-20-3-8-40-9-6-35(20)22/h2,4,10-12,14-15,20,37H,3,5-9,13H2,1H3,(H,34,39). The molecule has 210 valence electrons. The van der Waals surface area contributed by atoms with Crippen molar-refractivity contribution in [2.45, 2.75) is 32.0 Å². The van der Waals surface area contributed by atoms with Crippen LogP contribution in [0.3, 0.4) is 0 Å². The van der Waals surface area contributed by atoms with E-state index in [9.17, 15) is 27.9 Å². The number of aromatic nitrogens is 3. The molecular formula is C27H27F3N6O4. The molecule has 1 atom stereocenters. The second-order valence-electron chi connectivity index (χ2n) is 9.53. The van der Waals surface area contributed by atoms with Crippen molar-refractivity contribution >= 4 is 29.0 Å². The smallest absolute Gasteiger partial charge is 0.395 e. The molecule has 0 aliphatic carbocycles. The van der Waals surface area contributed by atoms with Gasteiger partial charge >= 0.3 is 6.18 Å². The number of halogens is 3. The predicted octanol–water partition coefficient (Wildman–Crippen LogP) is 3.44. The quantitative estimate of drug-likeness (QED) is 0.491. The van der Waals surface area contributed by atoms with Crippen molar-refractivity contribution in [2.24, 2.45) is 0 Å². The van der Waals surface area contributed by atoms with E-state index in [1.54, 1.807) is 19.2 Å². The van der Waals surface area contributed by atoms with Gasteiger partial charge in [0.2, 0.25) is 5.91 Å². The Labute approximate surface area is 227 Å². The number of carbonyl (C=O) groups is 2. The van der Waals surface area contributed by atoms with E-state index in [1.807, 2.05) is 6.07 Å². The normalized spacial score (nSPS) is 17.5. The highest BCUT2D eigenvalue weighted by Gasteiger charge is 2.35. The first-order valence-electron chi connectivity index (χ1n) is 12.7. The monoisotopic (exact) mass is 556 g/mol. The summed E-state index contributed by atoms with van der Waals surface area (Å²) in [5.41, 5.74) is 1.59. The number of rotatable bonds is 5. The van der Waals surface area contributed by atoms with E-state index in [2.05, 4.69) is 25.2 Å². The zero-order valence-electron chi connectivity index (χ0n) is 21.6. The SMILES string of the molecule is Cc1ncc(NC(=O)c2ccnc(C(F)(F)F)c2)cc1-c1cnc2c(c1)N1CCOCCC1CC(=O)N2CCO. The number of hydrogen-bond donors (Lipinski definition) is 2. The molecule has 0 saturated carbocycles. The number of β-amino-alcohol motifs (C(OH)–C–C–N with tert-alkyl or cyclic N) is 1. The number of fused-ring (bicyclic) bond motifs is 3. The van der Waals surface area contributed by atoms with Crippen LogP contribution in [-0.2, 0) is 15.7 Å². The first-order chi connectivity index (χ1) is 19.2. The molecular weight excluding hydrogens is 529 g/mol. The molecule has 5 heterocycles. The molecule has 0 bridgehead atoms. The number of aliphatic hydroxyl groups is 1. The van der Waals surface area contributed by atoms with Crippen LogP contribution in [0.5, 0.6) is 0 Å². The summed E-state index contributed by atoms with van der Waals surface area (Å²) < 4.78 is 44.8. The number of amides is 2. The van der Waals surface area contributed by atoms with E-state index in [-0.39, 0.29) is 42.8 Å². The molecule has 3 aromatic rings. The summed E-state index contributed by atoms with van der Waals surface area (Å²) in [6.07, 6.45) is 0.202. The van der Waals surface area contributed by atoms with Gasteiger partial charge in [0.25, 0.3) is 5.91 Å². The van der Waals surface area contributed by atoms with Crippen LogP contribution in [0.1, 0.15) is 34.6 Å². The maximum Gasteiger partial charge on any atom is 0.433 e. The summed E-state index contributed by atoms with van der Waals surface area (Å²) in [6, 6.07) is 5.37. The molecule has 10 nitrogen and oxygen atoms in total. The topological polar surface area (TPSA) is 121 Å². The second-order valence-corrected chi connectivity index (χ2v) is 9.53. The number of aliphatic hydroxyl groups excluding tert-OH is 1. The fourth-order valence-corrected chi connectivity index (χ4v) is 4.95. The Morgan fingerprint density at radius 2 is 2.00 bits per heavy atom. The number of nitrogens with zero attached hydrogens (tertiary/aromatic N) is 5. The number of aryl methyl sites for hydroxylation is 1. The maximum atomic E-state index is 13.1. The Morgan fingerprint density at radius 1 is 1.18 bits per heavy atom. The van der Waals surface area contributed by atoms with E-state index in [4.69, 9.17) is 4.74 Å². The number of ether oxygens (including phenoxy) is 1. The van der Waals surface area contributed by atoms with Gasteiger partial charge in [-0.15, -0.1) is 0 Å². The van der Waals surface area contributed by atoms with Crippen molar-refractivity contribution in [3.8, 4) is 11.1 Å². The first-order valence-corrected chi connectivity index (χ1v) is 12.7. The lowest BCUT2D eigenvalue weighted by Crippen LogP contribution is -2.38. The maximum absolute atomic E-state index is 13.1. The van der Waals surface area contributed by atoms with Gasteiger partial charge in [-0.2, -0.15) is 13.2 Å². The van der Waals surface area contributed by atoms with Gasteiger partial charge in [-0.25, -0.2) is 4.98 Å². The molecule has 0 aromatic carbocycles. The molecule has 0 spiro atoms. The fraction of sp³-hybridized carbons (Fsp3) is 0.370. The summed E-state index contributed by atoms with van der Waals surface area (Å²) in [4.78, 5) is 41.7. The number of carbonyl (C=O) groups excluding carboxylic acids is 2. The molecule has 13 heteroatoms. The summed E-state index contributed by atoms with van der Waals surface area (Å²) >= 11 is 0. The van der Waals surface area contributed by atoms with Gasteiger partial charge < -0.3 is 20.1 Å². The van der Waals surface area contributed by atoms with Gasteiger partial charge in [0.1, 0.15) is 5.69 Å². The lowest BCUT2D eigenvalue weighted by molar-refractivity contribution is -0.141. The highest BCUT2D eigenvalue weighted by Crippen LogP contribution is 2.38. The zero-order chi connectivity index (χ0) is 28.4. The fourth-order valence-electron chi connectivity index (χ4n) is 4.95. The third-order valence-electron chi connectivity index (χ3n) is 6.93. The zero-order valence-corrected chi connectivity index (χ0v) is 21.6. The molecule has 2 N–H and O–H groups in total. The summed E-state index contributed by atoms with van der Waals surface area (Å²) in [5.74, 6) is -0.423. The van der Waals surface area contributed by atoms with Gasteiger partial charge in [0.15, 0.2) is 5.82 Å². The predicted molar refractivity (Wildman–Crippen MR) is 140 cm³/mol. The molecule has 2 aliphatic heterocycles. The van der Waals surface area contributed by atoms with Gasteiger partial charge in [-0.1, -0.05) is 0 Å². The number of anilines is 3. The minimum Gasteiger partial charge on any atom is -0.395 e. The minimum absolute atomic E-state index is 0.0960. The highest BCUT2D eigenvalue weighted by atomic mass is 19.4. The van der Waals surface area contributed by atoms with Crippen LogP contribution < -0.4 is 15.1 Å². The van der Waals surface area contributed by atoms with E-state index < -0.39 is 17.8 Å². The highest BCUT2D eigenvalue weighted by molar-refractivity contribution is 6.04. The van der Waals surface area contributed by atoms with E-state index in [0.29, 0.717) is 54.9 Å². The van der Waals surface area contributed by atoms with E-state index >= 15 is 0 Å². The molecule has 1 saturated heterocycles. The molecule has 0 radical (unpaired) electrons. The van der Waals surface area contributed by atoms with Crippen LogP contribution in [0.2, 0.25) is 0 Å². The van der Waals surface area contributed by atoms with Crippen LogP contribution in [0, 0.1) is 6.92 Å². The molecule has 1 fully saturated rings. The molecule has 2 amide bonds. The third kappa shape index (κ3) is 5.61. The number of hydrogen-bond acceptors (Lipinski definition) is 8. The Morgan fingerprint density at radius 3 is 2.77 bits per heavy atom.